The van der Waals surface area contributed by atoms with Crippen molar-refractivity contribution in [2.75, 3.05) is 18.1 Å². The Labute approximate surface area is 171 Å². The summed E-state index contributed by atoms with van der Waals surface area (Å²) in [7, 11) is 0. The highest BCUT2D eigenvalue weighted by atomic mass is 19.4. The van der Waals surface area contributed by atoms with Crippen LogP contribution in [-0.4, -0.2) is 28.9 Å². The number of esters is 1. The minimum Gasteiger partial charge on any atom is -0.462 e. The standard InChI is InChI=1S/C22H20F3N3O2/c1-2-30-21(29)18-19(16-8-4-3-5-9-16)26-28-12-11-27(20(18)28)14-15-7-6-10-17(13-15)22(23,24)25/h3-10,13H,2,11-12,14H2,1H3. The Morgan fingerprint density at radius 3 is 2.57 bits per heavy atom. The molecule has 0 spiro atoms. The van der Waals surface area contributed by atoms with E-state index >= 15 is 0 Å². The van der Waals surface area contributed by atoms with E-state index in [-0.39, 0.29) is 13.2 Å². The van der Waals surface area contributed by atoms with E-state index in [4.69, 9.17) is 4.74 Å². The lowest BCUT2D eigenvalue weighted by molar-refractivity contribution is -0.137. The third kappa shape index (κ3) is 3.77. The van der Waals surface area contributed by atoms with Crippen molar-refractivity contribution in [2.45, 2.75) is 26.2 Å². The van der Waals surface area contributed by atoms with E-state index in [9.17, 15) is 18.0 Å². The molecule has 0 atom stereocenters. The van der Waals surface area contributed by atoms with Crippen molar-refractivity contribution in [1.29, 1.82) is 0 Å². The zero-order valence-electron chi connectivity index (χ0n) is 16.3. The zero-order valence-corrected chi connectivity index (χ0v) is 16.3. The van der Waals surface area contributed by atoms with Gasteiger partial charge in [-0.05, 0) is 24.6 Å². The van der Waals surface area contributed by atoms with Crippen LogP contribution < -0.4 is 4.90 Å². The Kier molecular flexibility index (Phi) is 5.24. The maximum absolute atomic E-state index is 13.1. The number of anilines is 1. The fraction of sp³-hybridized carbons (Fsp3) is 0.273. The van der Waals surface area contributed by atoms with Gasteiger partial charge in [0.15, 0.2) is 0 Å². The Morgan fingerprint density at radius 2 is 1.87 bits per heavy atom. The van der Waals surface area contributed by atoms with Crippen molar-refractivity contribution >= 4 is 11.8 Å². The molecule has 1 aliphatic heterocycles. The number of rotatable bonds is 5. The highest BCUT2D eigenvalue weighted by Crippen LogP contribution is 2.36. The smallest absolute Gasteiger partial charge is 0.416 e. The van der Waals surface area contributed by atoms with Gasteiger partial charge in [-0.25, -0.2) is 9.48 Å². The molecule has 156 valence electrons. The molecule has 0 fully saturated rings. The topological polar surface area (TPSA) is 47.4 Å². The predicted octanol–water partition coefficient (Wildman–Crippen LogP) is 4.77. The molecule has 0 saturated carbocycles. The molecule has 2 heterocycles. The molecular weight excluding hydrogens is 395 g/mol. The Morgan fingerprint density at radius 1 is 1.10 bits per heavy atom. The van der Waals surface area contributed by atoms with Gasteiger partial charge in [0.25, 0.3) is 0 Å². The van der Waals surface area contributed by atoms with Gasteiger partial charge in [-0.2, -0.15) is 18.3 Å². The zero-order chi connectivity index (χ0) is 21.3. The van der Waals surface area contributed by atoms with Gasteiger partial charge in [-0.15, -0.1) is 0 Å². The van der Waals surface area contributed by atoms with Gasteiger partial charge >= 0.3 is 12.1 Å². The van der Waals surface area contributed by atoms with Crippen LogP contribution in [0, 0.1) is 0 Å². The summed E-state index contributed by atoms with van der Waals surface area (Å²) in [6.07, 6.45) is -4.40. The fourth-order valence-electron chi connectivity index (χ4n) is 3.66. The van der Waals surface area contributed by atoms with E-state index in [1.807, 2.05) is 35.2 Å². The second kappa shape index (κ2) is 7.85. The summed E-state index contributed by atoms with van der Waals surface area (Å²) in [5, 5.41) is 4.61. The number of alkyl halides is 3. The number of carbonyl (C=O) groups excluding carboxylic acids is 1. The van der Waals surface area contributed by atoms with Gasteiger partial charge in [-0.3, -0.25) is 0 Å². The van der Waals surface area contributed by atoms with Crippen LogP contribution in [0.2, 0.25) is 0 Å². The summed E-state index contributed by atoms with van der Waals surface area (Å²) >= 11 is 0. The molecule has 30 heavy (non-hydrogen) atoms. The maximum atomic E-state index is 13.1. The number of hydrogen-bond acceptors (Lipinski definition) is 4. The number of halogens is 3. The highest BCUT2D eigenvalue weighted by Gasteiger charge is 2.34. The van der Waals surface area contributed by atoms with Crippen LogP contribution in [0.25, 0.3) is 11.3 Å². The van der Waals surface area contributed by atoms with Gasteiger partial charge in [0.05, 0.1) is 18.7 Å². The third-order valence-corrected chi connectivity index (χ3v) is 4.96. The Hall–Kier alpha value is -3.29. The molecule has 4 rings (SSSR count). The van der Waals surface area contributed by atoms with E-state index in [2.05, 4.69) is 5.10 Å². The summed E-state index contributed by atoms with van der Waals surface area (Å²) in [5.41, 5.74) is 1.45. The number of fused-ring (bicyclic) bond motifs is 1. The lowest BCUT2D eigenvalue weighted by Crippen LogP contribution is -2.22. The minimum atomic E-state index is -4.40. The van der Waals surface area contributed by atoms with Crippen LogP contribution in [0.3, 0.4) is 0 Å². The largest absolute Gasteiger partial charge is 0.462 e. The van der Waals surface area contributed by atoms with Crippen molar-refractivity contribution < 1.29 is 22.7 Å². The van der Waals surface area contributed by atoms with Crippen LogP contribution in [-0.2, 0) is 24.0 Å². The average Bonchev–Trinajstić information content (AvgIpc) is 3.28. The van der Waals surface area contributed by atoms with E-state index in [1.54, 1.807) is 17.7 Å². The molecule has 0 saturated heterocycles. The molecule has 5 nitrogen and oxygen atoms in total. The van der Waals surface area contributed by atoms with Gasteiger partial charge in [0.1, 0.15) is 17.1 Å². The lowest BCUT2D eigenvalue weighted by atomic mass is 10.1. The molecule has 0 unspecified atom stereocenters. The Bertz CT molecular complexity index is 1060. The van der Waals surface area contributed by atoms with Crippen LogP contribution in [0.1, 0.15) is 28.4 Å². The minimum absolute atomic E-state index is 0.214. The molecule has 0 N–H and O–H groups in total. The fourth-order valence-corrected chi connectivity index (χ4v) is 3.66. The molecule has 1 aliphatic rings. The van der Waals surface area contributed by atoms with Gasteiger partial charge in [0.2, 0.25) is 0 Å². The van der Waals surface area contributed by atoms with Crippen molar-refractivity contribution in [3.63, 3.8) is 0 Å². The normalized spacial score (nSPS) is 13.4. The van der Waals surface area contributed by atoms with E-state index in [0.29, 0.717) is 35.7 Å². The second-order valence-electron chi connectivity index (χ2n) is 6.98. The first-order valence-electron chi connectivity index (χ1n) is 9.63. The molecule has 8 heteroatoms. The van der Waals surface area contributed by atoms with Crippen LogP contribution >= 0.6 is 0 Å². The van der Waals surface area contributed by atoms with Crippen LogP contribution in [0.5, 0.6) is 0 Å². The third-order valence-electron chi connectivity index (χ3n) is 4.96. The molecule has 0 radical (unpaired) electrons. The van der Waals surface area contributed by atoms with Crippen molar-refractivity contribution in [3.8, 4) is 11.3 Å². The maximum Gasteiger partial charge on any atom is 0.416 e. The summed E-state index contributed by atoms with van der Waals surface area (Å²) in [5.74, 6) is 0.0817. The Balaban J connectivity index is 1.73. The van der Waals surface area contributed by atoms with Gasteiger partial charge in [0, 0.05) is 18.7 Å². The first-order chi connectivity index (χ1) is 14.4. The number of nitrogens with zero attached hydrogens (tertiary/aromatic N) is 3. The first kappa shape index (κ1) is 20.0. The summed E-state index contributed by atoms with van der Waals surface area (Å²) in [6, 6.07) is 14.5. The van der Waals surface area contributed by atoms with E-state index < -0.39 is 17.7 Å². The molecule has 0 bridgehead atoms. The quantitative estimate of drug-likeness (QED) is 0.564. The number of aromatic nitrogens is 2. The SMILES string of the molecule is CCOC(=O)c1c(-c2ccccc2)nn2c1N(Cc1cccc(C(F)(F)F)c1)CC2. The summed E-state index contributed by atoms with van der Waals surface area (Å²) < 4.78 is 46.2. The van der Waals surface area contributed by atoms with Crippen molar-refractivity contribution in [1.82, 2.24) is 9.78 Å². The molecular formula is C22H20F3N3O2. The first-order valence-corrected chi connectivity index (χ1v) is 9.63. The summed E-state index contributed by atoms with van der Waals surface area (Å²) in [6.45, 7) is 3.25. The summed E-state index contributed by atoms with van der Waals surface area (Å²) in [4.78, 5) is 14.7. The highest BCUT2D eigenvalue weighted by molar-refractivity contribution is 6.01. The van der Waals surface area contributed by atoms with E-state index in [1.165, 1.54) is 6.07 Å². The van der Waals surface area contributed by atoms with Gasteiger partial charge in [-0.1, -0.05) is 42.5 Å². The molecule has 2 aromatic carbocycles. The van der Waals surface area contributed by atoms with Gasteiger partial charge < -0.3 is 9.64 Å². The molecule has 3 aromatic rings. The lowest BCUT2D eigenvalue weighted by Gasteiger charge is -2.19. The molecule has 1 aromatic heterocycles. The number of benzene rings is 2. The number of carbonyl (C=O) groups is 1. The van der Waals surface area contributed by atoms with E-state index in [0.717, 1.165) is 17.7 Å². The van der Waals surface area contributed by atoms with Crippen LogP contribution in [0.4, 0.5) is 19.0 Å². The number of ether oxygens (including phenoxy) is 1. The van der Waals surface area contributed by atoms with Crippen molar-refractivity contribution in [3.05, 3.63) is 71.3 Å². The van der Waals surface area contributed by atoms with Crippen LogP contribution in [0.15, 0.2) is 54.6 Å². The van der Waals surface area contributed by atoms with Crippen molar-refractivity contribution in [2.24, 2.45) is 0 Å². The molecule has 0 amide bonds. The second-order valence-corrected chi connectivity index (χ2v) is 6.98. The predicted molar refractivity (Wildman–Crippen MR) is 106 cm³/mol. The average molecular weight is 415 g/mol. The number of hydrogen-bond donors (Lipinski definition) is 0. The molecule has 0 aliphatic carbocycles. The monoisotopic (exact) mass is 415 g/mol.